The van der Waals surface area contributed by atoms with E-state index in [9.17, 15) is 9.59 Å². The highest BCUT2D eigenvalue weighted by atomic mass is 32.2. The third kappa shape index (κ3) is 6.02. The molecule has 1 aliphatic carbocycles. The quantitative estimate of drug-likeness (QED) is 0.537. The van der Waals surface area contributed by atoms with Crippen molar-refractivity contribution in [1.82, 2.24) is 10.2 Å². The summed E-state index contributed by atoms with van der Waals surface area (Å²) in [6, 6.07) is 18.4. The molecule has 1 heterocycles. The van der Waals surface area contributed by atoms with Gasteiger partial charge in [-0.05, 0) is 43.4 Å². The standard InChI is InChI=1S/C28H36N2O3S/c1-30(23-12-6-3-7-13-23)26(31)20-34-25-15-9-8-14-24(25)27(32)29-21-28(16-18-33-19-17-28)22-10-4-2-5-11-22/h2,4-5,8-11,14-15,23H,3,6-7,12-13,16-21H2,1H3,(H,29,32). The number of hydrogen-bond acceptors (Lipinski definition) is 4. The number of carbonyl (C=O) groups is 2. The Morgan fingerprint density at radius 2 is 1.68 bits per heavy atom. The van der Waals surface area contributed by atoms with Crippen molar-refractivity contribution in [2.75, 3.05) is 32.6 Å². The summed E-state index contributed by atoms with van der Waals surface area (Å²) in [6.45, 7) is 1.98. The number of thioether (sulfide) groups is 1. The summed E-state index contributed by atoms with van der Waals surface area (Å²) < 4.78 is 5.62. The fourth-order valence-electron chi connectivity index (χ4n) is 5.16. The fourth-order valence-corrected chi connectivity index (χ4v) is 6.13. The van der Waals surface area contributed by atoms with Crippen molar-refractivity contribution in [3.63, 3.8) is 0 Å². The maximum Gasteiger partial charge on any atom is 0.252 e. The first-order valence-corrected chi connectivity index (χ1v) is 13.5. The average molecular weight is 481 g/mol. The van der Waals surface area contributed by atoms with Crippen molar-refractivity contribution in [2.45, 2.75) is 61.3 Å². The Balaban J connectivity index is 1.39. The number of nitrogens with zero attached hydrogens (tertiary/aromatic N) is 1. The van der Waals surface area contributed by atoms with Gasteiger partial charge in [-0.1, -0.05) is 61.7 Å². The van der Waals surface area contributed by atoms with Crippen molar-refractivity contribution in [3.8, 4) is 0 Å². The van der Waals surface area contributed by atoms with Crippen LogP contribution in [0.15, 0.2) is 59.5 Å². The first-order valence-electron chi connectivity index (χ1n) is 12.5. The van der Waals surface area contributed by atoms with E-state index in [-0.39, 0.29) is 17.2 Å². The Morgan fingerprint density at radius 3 is 2.41 bits per heavy atom. The molecule has 182 valence electrons. The van der Waals surface area contributed by atoms with Crippen LogP contribution in [0.5, 0.6) is 0 Å². The van der Waals surface area contributed by atoms with Crippen molar-refractivity contribution in [3.05, 3.63) is 65.7 Å². The minimum Gasteiger partial charge on any atom is -0.381 e. The molecule has 2 aromatic carbocycles. The van der Waals surface area contributed by atoms with Gasteiger partial charge in [0.1, 0.15) is 0 Å². The van der Waals surface area contributed by atoms with E-state index in [0.717, 1.165) is 30.6 Å². The molecule has 0 aromatic heterocycles. The Kier molecular flexibility index (Phi) is 8.68. The van der Waals surface area contributed by atoms with Gasteiger partial charge in [-0.3, -0.25) is 9.59 Å². The highest BCUT2D eigenvalue weighted by Crippen LogP contribution is 2.34. The number of ether oxygens (including phenoxy) is 1. The van der Waals surface area contributed by atoms with Crippen LogP contribution < -0.4 is 5.32 Å². The second-order valence-electron chi connectivity index (χ2n) is 9.52. The first-order chi connectivity index (χ1) is 16.6. The van der Waals surface area contributed by atoms with Gasteiger partial charge in [0.2, 0.25) is 5.91 Å². The van der Waals surface area contributed by atoms with E-state index in [4.69, 9.17) is 4.74 Å². The van der Waals surface area contributed by atoms with Gasteiger partial charge in [0, 0.05) is 43.2 Å². The molecule has 1 saturated carbocycles. The van der Waals surface area contributed by atoms with Crippen LogP contribution in [0.2, 0.25) is 0 Å². The predicted molar refractivity (Wildman–Crippen MR) is 137 cm³/mol. The Labute approximate surface area is 207 Å². The molecular formula is C28H36N2O3S. The van der Waals surface area contributed by atoms with Crippen molar-refractivity contribution in [1.29, 1.82) is 0 Å². The molecule has 4 rings (SSSR count). The molecule has 2 aliphatic rings. The second kappa shape index (κ2) is 11.9. The van der Waals surface area contributed by atoms with Gasteiger partial charge in [-0.2, -0.15) is 0 Å². The fraction of sp³-hybridized carbons (Fsp3) is 0.500. The summed E-state index contributed by atoms with van der Waals surface area (Å²) >= 11 is 1.46. The van der Waals surface area contributed by atoms with Crippen LogP contribution in [0.1, 0.15) is 60.9 Å². The smallest absolute Gasteiger partial charge is 0.252 e. The molecule has 0 radical (unpaired) electrons. The van der Waals surface area contributed by atoms with Crippen LogP contribution >= 0.6 is 11.8 Å². The maximum atomic E-state index is 13.3. The molecule has 5 nitrogen and oxygen atoms in total. The molecule has 0 bridgehead atoms. The maximum absolute atomic E-state index is 13.3. The zero-order valence-electron chi connectivity index (χ0n) is 20.1. The Hall–Kier alpha value is -2.31. The number of amides is 2. The van der Waals surface area contributed by atoms with Gasteiger partial charge in [0.25, 0.3) is 5.91 Å². The minimum atomic E-state index is -0.115. The lowest BCUT2D eigenvalue weighted by Gasteiger charge is -2.38. The summed E-state index contributed by atoms with van der Waals surface area (Å²) in [6.07, 6.45) is 7.64. The lowest BCUT2D eigenvalue weighted by atomic mass is 9.74. The van der Waals surface area contributed by atoms with E-state index < -0.39 is 0 Å². The summed E-state index contributed by atoms with van der Waals surface area (Å²) in [4.78, 5) is 28.9. The van der Waals surface area contributed by atoms with Crippen LogP contribution in [0, 0.1) is 0 Å². The van der Waals surface area contributed by atoms with Gasteiger partial charge in [0.15, 0.2) is 0 Å². The monoisotopic (exact) mass is 480 g/mol. The van der Waals surface area contributed by atoms with Gasteiger partial charge < -0.3 is 15.0 Å². The first kappa shape index (κ1) is 24.8. The molecule has 2 aromatic rings. The molecule has 2 amide bonds. The molecule has 34 heavy (non-hydrogen) atoms. The SMILES string of the molecule is CN(C(=O)CSc1ccccc1C(=O)NCC1(c2ccccc2)CCOCC1)C1CCCCC1. The summed E-state index contributed by atoms with van der Waals surface area (Å²) in [5, 5.41) is 3.21. The summed E-state index contributed by atoms with van der Waals surface area (Å²) in [7, 11) is 1.93. The minimum absolute atomic E-state index is 0.0852. The number of hydrogen-bond donors (Lipinski definition) is 1. The molecule has 6 heteroatoms. The summed E-state index contributed by atoms with van der Waals surface area (Å²) in [5.74, 6) is 0.401. The number of rotatable bonds is 8. The number of carbonyl (C=O) groups excluding carboxylic acids is 2. The third-order valence-electron chi connectivity index (χ3n) is 7.42. The molecule has 0 atom stereocenters. The highest BCUT2D eigenvalue weighted by molar-refractivity contribution is 8.00. The van der Waals surface area contributed by atoms with Crippen molar-refractivity contribution in [2.24, 2.45) is 0 Å². The number of nitrogens with one attached hydrogen (secondary N) is 1. The molecule has 0 spiro atoms. The van der Waals surface area contributed by atoms with E-state index in [1.807, 2.05) is 42.3 Å². The van der Waals surface area contributed by atoms with Crippen molar-refractivity contribution < 1.29 is 14.3 Å². The normalized spacial score (nSPS) is 18.3. The van der Waals surface area contributed by atoms with Crippen molar-refractivity contribution >= 4 is 23.6 Å². The Bertz CT molecular complexity index is 953. The lowest BCUT2D eigenvalue weighted by molar-refractivity contribution is -0.129. The largest absolute Gasteiger partial charge is 0.381 e. The second-order valence-corrected chi connectivity index (χ2v) is 10.5. The van der Waals surface area contributed by atoms with E-state index in [0.29, 0.717) is 37.1 Å². The topological polar surface area (TPSA) is 58.6 Å². The lowest BCUT2D eigenvalue weighted by Crippen LogP contribution is -2.44. The molecule has 2 fully saturated rings. The van der Waals surface area contributed by atoms with Crippen LogP contribution in [0.3, 0.4) is 0 Å². The molecule has 1 aliphatic heterocycles. The van der Waals surface area contributed by atoms with E-state index in [1.54, 1.807) is 0 Å². The predicted octanol–water partition coefficient (Wildman–Crippen LogP) is 5.05. The molecular weight excluding hydrogens is 444 g/mol. The van der Waals surface area contributed by atoms with E-state index in [2.05, 4.69) is 29.6 Å². The third-order valence-corrected chi connectivity index (χ3v) is 8.48. The van der Waals surface area contributed by atoms with Crippen LogP contribution in [0.25, 0.3) is 0 Å². The molecule has 1 N–H and O–H groups in total. The zero-order valence-corrected chi connectivity index (χ0v) is 20.9. The van der Waals surface area contributed by atoms with Crippen LogP contribution in [-0.4, -0.2) is 55.3 Å². The van der Waals surface area contributed by atoms with Gasteiger partial charge in [-0.15, -0.1) is 11.8 Å². The Morgan fingerprint density at radius 1 is 1.00 bits per heavy atom. The van der Waals surface area contributed by atoms with Gasteiger partial charge >= 0.3 is 0 Å². The highest BCUT2D eigenvalue weighted by Gasteiger charge is 2.35. The molecule has 0 unspecified atom stereocenters. The van der Waals surface area contributed by atoms with Gasteiger partial charge in [-0.25, -0.2) is 0 Å². The van der Waals surface area contributed by atoms with E-state index >= 15 is 0 Å². The van der Waals surface area contributed by atoms with Crippen LogP contribution in [-0.2, 0) is 14.9 Å². The number of benzene rings is 2. The van der Waals surface area contributed by atoms with E-state index in [1.165, 1.54) is 36.6 Å². The molecule has 1 saturated heterocycles. The average Bonchev–Trinajstić information content (AvgIpc) is 2.91. The summed E-state index contributed by atoms with van der Waals surface area (Å²) in [5.41, 5.74) is 1.77. The van der Waals surface area contributed by atoms with Gasteiger partial charge in [0.05, 0.1) is 11.3 Å². The van der Waals surface area contributed by atoms with Crippen LogP contribution in [0.4, 0.5) is 0 Å². The zero-order chi connectivity index (χ0) is 23.8.